The zero-order chi connectivity index (χ0) is 26.3. The van der Waals surface area contributed by atoms with Gasteiger partial charge >= 0.3 is 5.97 Å². The van der Waals surface area contributed by atoms with Crippen molar-refractivity contribution in [2.24, 2.45) is 0 Å². The number of carbonyl (C=O) groups is 1. The fraction of sp³-hybridized carbons (Fsp3) is 0.312. The van der Waals surface area contributed by atoms with E-state index in [0.29, 0.717) is 17.2 Å². The lowest BCUT2D eigenvalue weighted by Gasteiger charge is -2.36. The summed E-state index contributed by atoms with van der Waals surface area (Å²) in [6, 6.07) is 23.9. The average Bonchev–Trinajstić information content (AvgIpc) is 3.43. The van der Waals surface area contributed by atoms with Crippen molar-refractivity contribution in [1.29, 1.82) is 0 Å². The molecule has 0 fully saturated rings. The second kappa shape index (κ2) is 9.67. The van der Waals surface area contributed by atoms with Gasteiger partial charge in [0.15, 0.2) is 5.60 Å². The molecule has 3 heterocycles. The predicted octanol–water partition coefficient (Wildman–Crippen LogP) is 7.16. The number of esters is 1. The normalized spacial score (nSPS) is 17.0. The van der Waals surface area contributed by atoms with Crippen molar-refractivity contribution in [1.82, 2.24) is 9.78 Å². The maximum Gasteiger partial charge on any atom is 0.340 e. The van der Waals surface area contributed by atoms with Crippen molar-refractivity contribution < 1.29 is 14.3 Å². The van der Waals surface area contributed by atoms with Crippen molar-refractivity contribution in [3.8, 4) is 17.3 Å². The summed E-state index contributed by atoms with van der Waals surface area (Å²) >= 11 is 0. The van der Waals surface area contributed by atoms with Crippen LogP contribution < -0.4 is 9.64 Å². The summed E-state index contributed by atoms with van der Waals surface area (Å²) in [5.41, 5.74) is 4.64. The Balaban J connectivity index is 1.57. The van der Waals surface area contributed by atoms with Gasteiger partial charge in [0.1, 0.15) is 5.75 Å². The molecule has 6 rings (SSSR count). The van der Waals surface area contributed by atoms with Gasteiger partial charge in [0.2, 0.25) is 5.88 Å². The highest BCUT2D eigenvalue weighted by Gasteiger charge is 2.56. The molecule has 1 unspecified atom stereocenters. The Bertz CT molecular complexity index is 1490. The van der Waals surface area contributed by atoms with Crippen molar-refractivity contribution in [2.45, 2.75) is 52.1 Å². The molecule has 0 bridgehead atoms. The zero-order valence-electron chi connectivity index (χ0n) is 22.2. The molecule has 3 aromatic carbocycles. The molecule has 6 nitrogen and oxygen atoms in total. The van der Waals surface area contributed by atoms with E-state index in [4.69, 9.17) is 14.6 Å². The minimum absolute atomic E-state index is 0.331. The molecule has 1 atom stereocenters. The standard InChI is InChI=1S/C32H33N3O3/c1-4-6-19-34(20-7-5-2)24-17-18-27-28(21-24)37-30-29(22(3)33-35(30)23-13-9-8-10-14-23)32(27)26-16-12-11-15-25(26)31(36)38-32/h8-18,21H,4-7,19-20H2,1-3H3. The quantitative estimate of drug-likeness (QED) is 0.237. The van der Waals surface area contributed by atoms with E-state index in [1.807, 2.05) is 66.2 Å². The van der Waals surface area contributed by atoms with Crippen LogP contribution in [0, 0.1) is 6.92 Å². The minimum Gasteiger partial charge on any atom is -0.440 e. The highest BCUT2D eigenvalue weighted by molar-refractivity contribution is 5.97. The molecule has 4 aromatic rings. The number of hydrogen-bond donors (Lipinski definition) is 0. The number of ether oxygens (including phenoxy) is 2. The van der Waals surface area contributed by atoms with Crippen molar-refractivity contribution in [2.75, 3.05) is 18.0 Å². The Morgan fingerprint density at radius 3 is 2.34 bits per heavy atom. The van der Waals surface area contributed by atoms with Gasteiger partial charge in [-0.1, -0.05) is 63.1 Å². The molecule has 194 valence electrons. The molecule has 0 radical (unpaired) electrons. The molecule has 1 aromatic heterocycles. The van der Waals surface area contributed by atoms with Gasteiger partial charge in [-0.2, -0.15) is 5.10 Å². The van der Waals surface area contributed by atoms with Gasteiger partial charge in [-0.15, -0.1) is 0 Å². The molecular weight excluding hydrogens is 474 g/mol. The number of nitrogens with zero attached hydrogens (tertiary/aromatic N) is 3. The first kappa shape index (κ1) is 24.3. The van der Waals surface area contributed by atoms with Gasteiger partial charge in [-0.3, -0.25) is 0 Å². The lowest BCUT2D eigenvalue weighted by molar-refractivity contribution is 0.0221. The molecule has 2 aliphatic heterocycles. The van der Waals surface area contributed by atoms with E-state index in [9.17, 15) is 4.79 Å². The number of unbranched alkanes of at least 4 members (excludes halogenated alkanes) is 2. The van der Waals surface area contributed by atoms with Crippen LogP contribution >= 0.6 is 0 Å². The Morgan fingerprint density at radius 1 is 0.895 bits per heavy atom. The maximum absolute atomic E-state index is 13.3. The van der Waals surface area contributed by atoms with Crippen molar-refractivity contribution in [3.05, 3.63) is 101 Å². The second-order valence-corrected chi connectivity index (χ2v) is 10.1. The first-order valence-corrected chi connectivity index (χ1v) is 13.6. The lowest BCUT2D eigenvalue weighted by Crippen LogP contribution is -2.34. The van der Waals surface area contributed by atoms with Crippen LogP contribution in [0.25, 0.3) is 5.69 Å². The number of rotatable bonds is 8. The highest BCUT2D eigenvalue weighted by atomic mass is 16.6. The number of fused-ring (bicyclic) bond motifs is 6. The number of anilines is 1. The third kappa shape index (κ3) is 3.70. The first-order valence-electron chi connectivity index (χ1n) is 13.6. The smallest absolute Gasteiger partial charge is 0.340 e. The van der Waals surface area contributed by atoms with E-state index in [-0.39, 0.29) is 5.97 Å². The van der Waals surface area contributed by atoms with E-state index >= 15 is 0 Å². The number of para-hydroxylation sites is 1. The van der Waals surface area contributed by atoms with E-state index in [0.717, 1.165) is 72.5 Å². The molecule has 0 saturated carbocycles. The van der Waals surface area contributed by atoms with E-state index < -0.39 is 5.60 Å². The van der Waals surface area contributed by atoms with E-state index in [1.165, 1.54) is 0 Å². The van der Waals surface area contributed by atoms with Crippen LogP contribution in [0.4, 0.5) is 5.69 Å². The zero-order valence-corrected chi connectivity index (χ0v) is 22.2. The second-order valence-electron chi connectivity index (χ2n) is 10.1. The summed E-state index contributed by atoms with van der Waals surface area (Å²) in [6.45, 7) is 8.38. The first-order chi connectivity index (χ1) is 18.6. The Kier molecular flexibility index (Phi) is 6.18. The van der Waals surface area contributed by atoms with Crippen LogP contribution in [0.1, 0.15) is 72.3 Å². The number of aromatic nitrogens is 2. The topological polar surface area (TPSA) is 56.6 Å². The van der Waals surface area contributed by atoms with Gasteiger partial charge < -0.3 is 14.4 Å². The molecule has 1 spiro atoms. The lowest BCUT2D eigenvalue weighted by atomic mass is 9.78. The van der Waals surface area contributed by atoms with Gasteiger partial charge in [0, 0.05) is 36.0 Å². The fourth-order valence-electron chi connectivity index (χ4n) is 5.74. The molecule has 38 heavy (non-hydrogen) atoms. The summed E-state index contributed by atoms with van der Waals surface area (Å²) in [5.74, 6) is 0.939. The number of aryl methyl sites for hydroxylation is 1. The molecule has 6 heteroatoms. The summed E-state index contributed by atoms with van der Waals surface area (Å²) in [6.07, 6.45) is 4.53. The van der Waals surface area contributed by atoms with Crippen LogP contribution in [0.5, 0.6) is 11.6 Å². The van der Waals surface area contributed by atoms with Crippen LogP contribution in [-0.2, 0) is 10.3 Å². The highest BCUT2D eigenvalue weighted by Crippen LogP contribution is 2.57. The van der Waals surface area contributed by atoms with E-state index in [2.05, 4.69) is 36.9 Å². The van der Waals surface area contributed by atoms with Gasteiger partial charge in [0.25, 0.3) is 0 Å². The fourth-order valence-corrected chi connectivity index (χ4v) is 5.74. The summed E-state index contributed by atoms with van der Waals surface area (Å²) in [5, 5.41) is 4.89. The van der Waals surface area contributed by atoms with Gasteiger partial charge in [-0.25, -0.2) is 9.48 Å². The van der Waals surface area contributed by atoms with Crippen LogP contribution in [-0.4, -0.2) is 28.8 Å². The third-order valence-electron chi connectivity index (χ3n) is 7.62. The van der Waals surface area contributed by atoms with Crippen LogP contribution in [0.2, 0.25) is 0 Å². The summed E-state index contributed by atoms with van der Waals surface area (Å²) < 4.78 is 14.9. The summed E-state index contributed by atoms with van der Waals surface area (Å²) in [7, 11) is 0. The van der Waals surface area contributed by atoms with Gasteiger partial charge in [0.05, 0.1) is 22.5 Å². The SMILES string of the molecule is CCCCN(CCCC)c1ccc2c(c1)Oc1c(c(C)nn1-c1ccccc1)C21OC(=O)c2ccccc21. The minimum atomic E-state index is -1.12. The number of hydrogen-bond acceptors (Lipinski definition) is 5. The molecule has 0 N–H and O–H groups in total. The Labute approximate surface area is 223 Å². The maximum atomic E-state index is 13.3. The molecule has 0 amide bonds. The van der Waals surface area contributed by atoms with Crippen molar-refractivity contribution >= 4 is 11.7 Å². The number of carbonyl (C=O) groups excluding carboxylic acids is 1. The van der Waals surface area contributed by atoms with Crippen molar-refractivity contribution in [3.63, 3.8) is 0 Å². The summed E-state index contributed by atoms with van der Waals surface area (Å²) in [4.78, 5) is 15.7. The molecule has 0 aliphatic carbocycles. The van der Waals surface area contributed by atoms with Crippen LogP contribution in [0.15, 0.2) is 72.8 Å². The number of benzene rings is 3. The van der Waals surface area contributed by atoms with E-state index in [1.54, 1.807) is 0 Å². The Morgan fingerprint density at radius 2 is 1.61 bits per heavy atom. The molecular formula is C32H33N3O3. The Hall–Kier alpha value is -4.06. The largest absolute Gasteiger partial charge is 0.440 e. The monoisotopic (exact) mass is 507 g/mol. The van der Waals surface area contributed by atoms with Crippen LogP contribution in [0.3, 0.4) is 0 Å². The average molecular weight is 508 g/mol. The molecule has 2 aliphatic rings. The predicted molar refractivity (Wildman–Crippen MR) is 149 cm³/mol. The molecule has 0 saturated heterocycles. The van der Waals surface area contributed by atoms with Gasteiger partial charge in [-0.05, 0) is 50.1 Å². The third-order valence-corrected chi connectivity index (χ3v) is 7.62.